The van der Waals surface area contributed by atoms with E-state index in [1.54, 1.807) is 24.3 Å². The number of halogens is 3. The van der Waals surface area contributed by atoms with Gasteiger partial charge in [-0.25, -0.2) is 0 Å². The number of thioether (sulfide) groups is 1. The van der Waals surface area contributed by atoms with E-state index < -0.39 is 5.76 Å². The fourth-order valence-corrected chi connectivity index (χ4v) is 2.30. The number of benzene rings is 1. The molecule has 0 fully saturated rings. The third kappa shape index (κ3) is 4.94. The summed E-state index contributed by atoms with van der Waals surface area (Å²) < 4.78 is 30.2. The summed E-state index contributed by atoms with van der Waals surface area (Å²) in [4.78, 5) is 4.69. The Balaban J connectivity index is 0.00000220. The Hall–Kier alpha value is -1.18. The molecule has 0 amide bonds. The second-order valence-electron chi connectivity index (χ2n) is 4.28. The summed E-state index contributed by atoms with van der Waals surface area (Å²) >= 11 is 0.474. The molecule has 0 aliphatic rings. The molecule has 0 radical (unpaired) electrons. The van der Waals surface area contributed by atoms with Gasteiger partial charge >= 0.3 is 0 Å². The first-order chi connectivity index (χ1) is 9.60. The number of hydrogen-bond acceptors (Lipinski definition) is 5. The molecular weight excluding hydrogens is 320 g/mol. The van der Waals surface area contributed by atoms with Gasteiger partial charge in [0.2, 0.25) is 0 Å². The van der Waals surface area contributed by atoms with Crippen LogP contribution < -0.4 is 5.32 Å². The largest absolute Gasteiger partial charge is 0.334 e. The first kappa shape index (κ1) is 17.9. The molecule has 116 valence electrons. The Kier molecular flexibility index (Phi) is 7.07. The number of alkyl halides is 2. The van der Waals surface area contributed by atoms with Crippen molar-refractivity contribution in [2.24, 2.45) is 0 Å². The Morgan fingerprint density at radius 1 is 1.33 bits per heavy atom. The second kappa shape index (κ2) is 8.31. The summed E-state index contributed by atoms with van der Waals surface area (Å²) in [7, 11) is 1.85. The standard InChI is InChI=1S/C13H15F2N3OS.ClH/c1-8(16-2)7-11-17-12(19-18-11)9-5-3-4-6-10(9)20-13(14)15;/h3-6,8,13,16H,7H2,1-2H3;1H. The van der Waals surface area contributed by atoms with Crippen molar-refractivity contribution in [1.29, 1.82) is 0 Å². The number of likely N-dealkylation sites (N-methyl/N-ethyl adjacent to an activating group) is 1. The van der Waals surface area contributed by atoms with Crippen LogP contribution in [0.2, 0.25) is 0 Å². The smallest absolute Gasteiger partial charge is 0.288 e. The molecule has 1 aromatic carbocycles. The van der Waals surface area contributed by atoms with Crippen molar-refractivity contribution >= 4 is 24.2 Å². The zero-order valence-corrected chi connectivity index (χ0v) is 13.2. The van der Waals surface area contributed by atoms with Crippen LogP contribution in [0.4, 0.5) is 8.78 Å². The van der Waals surface area contributed by atoms with Gasteiger partial charge in [-0.1, -0.05) is 29.1 Å². The molecule has 1 aromatic heterocycles. The van der Waals surface area contributed by atoms with Crippen LogP contribution in [0.5, 0.6) is 0 Å². The van der Waals surface area contributed by atoms with E-state index in [1.165, 1.54) is 0 Å². The van der Waals surface area contributed by atoms with Gasteiger partial charge in [0.1, 0.15) is 0 Å². The molecule has 1 heterocycles. The average molecular weight is 336 g/mol. The van der Waals surface area contributed by atoms with Crippen LogP contribution in [0.15, 0.2) is 33.7 Å². The highest BCUT2D eigenvalue weighted by atomic mass is 35.5. The Labute approximate surface area is 132 Å². The zero-order chi connectivity index (χ0) is 14.5. The van der Waals surface area contributed by atoms with Gasteiger partial charge in [0, 0.05) is 17.4 Å². The molecule has 0 saturated carbocycles. The van der Waals surface area contributed by atoms with Gasteiger partial charge in [-0.15, -0.1) is 12.4 Å². The first-order valence-corrected chi connectivity index (χ1v) is 7.02. The van der Waals surface area contributed by atoms with Crippen molar-refractivity contribution in [3.05, 3.63) is 30.1 Å². The third-order valence-corrected chi connectivity index (χ3v) is 3.57. The fraction of sp³-hybridized carbons (Fsp3) is 0.385. The molecule has 1 N–H and O–H groups in total. The van der Waals surface area contributed by atoms with Gasteiger partial charge < -0.3 is 9.84 Å². The fourth-order valence-electron chi connectivity index (χ4n) is 1.66. The van der Waals surface area contributed by atoms with Crippen LogP contribution in [-0.4, -0.2) is 29.0 Å². The highest BCUT2D eigenvalue weighted by Crippen LogP contribution is 2.33. The summed E-state index contributed by atoms with van der Waals surface area (Å²) in [5.41, 5.74) is 0.536. The molecule has 1 unspecified atom stereocenters. The minimum atomic E-state index is -2.48. The van der Waals surface area contributed by atoms with Gasteiger partial charge in [-0.05, 0) is 26.1 Å². The minimum absolute atomic E-state index is 0. The molecule has 0 spiro atoms. The van der Waals surface area contributed by atoms with E-state index in [0.717, 1.165) is 0 Å². The molecule has 2 aromatic rings. The Bertz CT molecular complexity index is 568. The maximum Gasteiger partial charge on any atom is 0.288 e. The normalized spacial score (nSPS) is 12.2. The van der Waals surface area contributed by atoms with Crippen LogP contribution in [0, 0.1) is 0 Å². The summed E-state index contributed by atoms with van der Waals surface area (Å²) in [6, 6.07) is 6.99. The van der Waals surface area contributed by atoms with Gasteiger partial charge in [0.15, 0.2) is 5.82 Å². The van der Waals surface area contributed by atoms with E-state index in [2.05, 4.69) is 15.5 Å². The van der Waals surface area contributed by atoms with Gasteiger partial charge in [-0.2, -0.15) is 13.8 Å². The molecule has 0 bridgehead atoms. The zero-order valence-electron chi connectivity index (χ0n) is 11.5. The van der Waals surface area contributed by atoms with Crippen LogP contribution >= 0.6 is 24.2 Å². The lowest BCUT2D eigenvalue weighted by molar-refractivity contribution is 0.252. The minimum Gasteiger partial charge on any atom is -0.334 e. The van der Waals surface area contributed by atoms with Crippen molar-refractivity contribution in [2.45, 2.75) is 30.0 Å². The van der Waals surface area contributed by atoms with E-state index in [-0.39, 0.29) is 24.3 Å². The molecule has 21 heavy (non-hydrogen) atoms. The first-order valence-electron chi connectivity index (χ1n) is 6.14. The lowest BCUT2D eigenvalue weighted by Gasteiger charge is -2.05. The highest BCUT2D eigenvalue weighted by molar-refractivity contribution is 7.99. The lowest BCUT2D eigenvalue weighted by Crippen LogP contribution is -2.24. The second-order valence-corrected chi connectivity index (χ2v) is 5.32. The third-order valence-electron chi connectivity index (χ3n) is 2.78. The Morgan fingerprint density at radius 2 is 2.05 bits per heavy atom. The molecular formula is C13H16ClF2N3OS. The quantitative estimate of drug-likeness (QED) is 0.817. The van der Waals surface area contributed by atoms with Crippen molar-refractivity contribution < 1.29 is 13.3 Å². The van der Waals surface area contributed by atoms with E-state index in [9.17, 15) is 8.78 Å². The maximum absolute atomic E-state index is 12.5. The number of aromatic nitrogens is 2. The van der Waals surface area contributed by atoms with Crippen molar-refractivity contribution in [2.75, 3.05) is 7.05 Å². The highest BCUT2D eigenvalue weighted by Gasteiger charge is 2.16. The van der Waals surface area contributed by atoms with Crippen molar-refractivity contribution in [3.63, 3.8) is 0 Å². The number of hydrogen-bond donors (Lipinski definition) is 1. The summed E-state index contributed by atoms with van der Waals surface area (Å²) in [6.45, 7) is 2.00. The van der Waals surface area contributed by atoms with Crippen molar-refractivity contribution in [3.8, 4) is 11.5 Å². The van der Waals surface area contributed by atoms with Crippen LogP contribution in [0.3, 0.4) is 0 Å². The number of nitrogens with one attached hydrogen (secondary N) is 1. The maximum atomic E-state index is 12.5. The Morgan fingerprint density at radius 3 is 2.71 bits per heavy atom. The summed E-state index contributed by atoms with van der Waals surface area (Å²) in [6.07, 6.45) is 0.615. The molecule has 0 saturated heterocycles. The number of nitrogens with zero attached hydrogens (tertiary/aromatic N) is 2. The van der Waals surface area contributed by atoms with Crippen LogP contribution in [0.25, 0.3) is 11.5 Å². The predicted octanol–water partition coefficient (Wildman–Crippen LogP) is 3.62. The van der Waals surface area contributed by atoms with Crippen LogP contribution in [-0.2, 0) is 6.42 Å². The predicted molar refractivity (Wildman–Crippen MR) is 81.1 cm³/mol. The van der Waals surface area contributed by atoms with E-state index in [0.29, 0.717) is 34.5 Å². The number of rotatable bonds is 6. The monoisotopic (exact) mass is 335 g/mol. The summed E-state index contributed by atoms with van der Waals surface area (Å²) in [5.74, 6) is -1.66. The lowest BCUT2D eigenvalue weighted by atomic mass is 10.2. The molecule has 0 aliphatic carbocycles. The van der Waals surface area contributed by atoms with Crippen molar-refractivity contribution in [1.82, 2.24) is 15.5 Å². The molecule has 0 aliphatic heterocycles. The van der Waals surface area contributed by atoms with E-state index in [4.69, 9.17) is 4.52 Å². The molecule has 4 nitrogen and oxygen atoms in total. The molecule has 1 atom stereocenters. The summed E-state index contributed by atoms with van der Waals surface area (Å²) in [5, 5.41) is 6.95. The van der Waals surface area contributed by atoms with E-state index >= 15 is 0 Å². The van der Waals surface area contributed by atoms with Gasteiger partial charge in [0.25, 0.3) is 11.6 Å². The molecule has 2 rings (SSSR count). The SMILES string of the molecule is CNC(C)Cc1noc(-c2ccccc2SC(F)F)n1.Cl. The van der Waals surface area contributed by atoms with Gasteiger partial charge in [0.05, 0.1) is 5.56 Å². The van der Waals surface area contributed by atoms with E-state index in [1.807, 2.05) is 14.0 Å². The van der Waals surface area contributed by atoms with Crippen LogP contribution in [0.1, 0.15) is 12.7 Å². The average Bonchev–Trinajstić information content (AvgIpc) is 2.87. The molecule has 8 heteroatoms. The van der Waals surface area contributed by atoms with Gasteiger partial charge in [-0.3, -0.25) is 0 Å². The topological polar surface area (TPSA) is 51.0 Å².